The number of oxazole rings is 1. The van der Waals surface area contributed by atoms with Crippen LogP contribution >= 0.6 is 0 Å². The fourth-order valence-electron chi connectivity index (χ4n) is 15.4. The molecule has 3 aromatic heterocycles. The van der Waals surface area contributed by atoms with E-state index in [1.807, 2.05) is 56.4 Å². The van der Waals surface area contributed by atoms with E-state index in [1.54, 1.807) is 51.6 Å². The average molecular weight is 1700 g/mol. The van der Waals surface area contributed by atoms with Crippen molar-refractivity contribution in [2.24, 2.45) is 35.3 Å². The lowest BCUT2D eigenvalue weighted by Gasteiger charge is -2.42. The van der Waals surface area contributed by atoms with E-state index in [2.05, 4.69) is 25.6 Å². The van der Waals surface area contributed by atoms with Crippen LogP contribution in [-0.2, 0) is 102 Å². The number of hydrogen-bond donors (Lipinski definition) is 7. The number of nitrogens with one attached hydrogen (secondary N) is 2. The molecule has 1 aliphatic carbocycles. The monoisotopic (exact) mass is 1700 g/mol. The number of ketones is 3. The van der Waals surface area contributed by atoms with Crippen LogP contribution in [-0.4, -0.2) is 288 Å². The number of hydrogen-bond acceptors (Lipinski definition) is 31. The third kappa shape index (κ3) is 31.0. The molecule has 0 unspecified atom stereocenters. The van der Waals surface area contributed by atoms with Gasteiger partial charge in [-0.05, 0) is 132 Å². The number of alkyl carbamates (subject to hydrolysis) is 1. The van der Waals surface area contributed by atoms with Crippen molar-refractivity contribution in [1.29, 1.82) is 0 Å². The van der Waals surface area contributed by atoms with Gasteiger partial charge in [0.15, 0.2) is 17.0 Å². The van der Waals surface area contributed by atoms with Gasteiger partial charge in [-0.3, -0.25) is 24.0 Å². The number of methoxy groups -OCH3 is 3. The zero-order valence-corrected chi connectivity index (χ0v) is 71.9. The molecule has 15 atom stereocenters. The first-order valence-electron chi connectivity index (χ1n) is 42.5. The number of cyclic esters (lactones) is 1. The average Bonchev–Trinajstić information content (AvgIpc) is 1.75. The number of esters is 1. The first-order valence-corrected chi connectivity index (χ1v) is 42.5. The number of fused-ring (bicyclic) bond motifs is 5. The van der Waals surface area contributed by atoms with E-state index in [0.29, 0.717) is 190 Å². The largest absolute Gasteiger partial charge is 0.459 e. The van der Waals surface area contributed by atoms with Crippen LogP contribution in [0, 0.1) is 29.6 Å². The summed E-state index contributed by atoms with van der Waals surface area (Å²) in [5.41, 5.74) is 23.4. The van der Waals surface area contributed by atoms with Gasteiger partial charge in [-0.1, -0.05) is 64.2 Å². The zero-order valence-electron chi connectivity index (χ0n) is 71.9. The van der Waals surface area contributed by atoms with Crippen LogP contribution in [0.5, 0.6) is 0 Å². The third-order valence-electron chi connectivity index (χ3n) is 22.4. The van der Waals surface area contributed by atoms with Gasteiger partial charge >= 0.3 is 12.1 Å². The number of aromatic nitrogens is 5. The Morgan fingerprint density at radius 3 is 2.02 bits per heavy atom. The number of allylic oxidation sites excluding steroid dienone is 6. The summed E-state index contributed by atoms with van der Waals surface area (Å²) < 4.78 is 87.6. The summed E-state index contributed by atoms with van der Waals surface area (Å²) in [6.07, 6.45) is 11.2. The maximum Gasteiger partial charge on any atom is 0.407 e. The molecule has 4 aromatic rings. The molecule has 4 aliphatic rings. The van der Waals surface area contributed by atoms with E-state index < -0.39 is 108 Å². The highest BCUT2D eigenvalue weighted by Gasteiger charge is 2.53. The number of carbonyl (C=O) groups excluding carboxylic acids is 7. The van der Waals surface area contributed by atoms with Crippen LogP contribution in [0.2, 0.25) is 0 Å². The summed E-state index contributed by atoms with van der Waals surface area (Å²) >= 11 is 0. The number of aryl methyl sites for hydroxylation is 1. The maximum absolute atomic E-state index is 14.7. The van der Waals surface area contributed by atoms with E-state index in [0.717, 1.165) is 28.9 Å². The number of benzene rings is 1. The van der Waals surface area contributed by atoms with Crippen LogP contribution in [0.3, 0.4) is 0 Å². The molecule has 2 bridgehead atoms. The minimum atomic E-state index is -2.50. The molecule has 10 N–H and O–H groups in total. The Bertz CT molecular complexity index is 4020. The van der Waals surface area contributed by atoms with Gasteiger partial charge in [0, 0.05) is 96.1 Å². The lowest BCUT2D eigenvalue weighted by atomic mass is 9.80. The number of carbonyl (C=O) groups is 7. The number of nitrogen functional groups attached to an aromatic ring is 2. The molecule has 6 heterocycles. The summed E-state index contributed by atoms with van der Waals surface area (Å²) in [7, 11) is 4.43. The Morgan fingerprint density at radius 2 is 1.37 bits per heavy atom. The Kier molecular flexibility index (Phi) is 42.1. The standard InChI is InChI=1S/C86H131N11O24/c1-55-17-11-10-12-18-56(2)70(107-7)52-63-23-20-60(6)86(106,121-63)79(102)82(103)96-29-15-13-19-66(96)83(104)118-71(53-67(98)57(3)48-59(5)77(101)78(109-9)76(100)58(4)47-55)64(87)49-61-21-24-69(72(50-61)108-8)120-85(105)91-28-32-111-34-36-113-38-40-115-42-44-117-46-45-116-43-41-114-39-37-112-35-33-110-31-26-73(99)90-27-14-16-30-97-81-74(80(88)92-54-93-81)75(95-97)62-22-25-68-65(51-62)94-84(89)119-68/h10-12,17-18,22,25,48,51,54-55,57-58,60-61,63-64,66,69-72,77-78,101,106H,13-16,19-21,23-24,26-47,49-50,52-53,87H2,1-9H3,(H2,89,94)(H,90,99)(H,91,105)(H2,88,92,93)/b12-10+,17-11+,56-18+,59-48+/t55-,57-,58-,60-,61+,63+,64-,66+,69-,70+,71+,72-,77-,78+,86-/m1/s1. The molecule has 3 aliphatic heterocycles. The normalized spacial score (nSPS) is 27.2. The maximum atomic E-state index is 14.7. The number of piperidine rings is 1. The van der Waals surface area contributed by atoms with Gasteiger partial charge in [-0.15, -0.1) is 0 Å². The topological polar surface area (TPSA) is 464 Å². The van der Waals surface area contributed by atoms with Crippen LogP contribution in [0.1, 0.15) is 138 Å². The van der Waals surface area contributed by atoms with Crippen molar-refractivity contribution >= 4 is 75.2 Å². The van der Waals surface area contributed by atoms with E-state index in [1.165, 1.54) is 20.5 Å². The number of rotatable bonds is 40. The van der Waals surface area contributed by atoms with Crippen molar-refractivity contribution in [1.82, 2.24) is 40.3 Å². The summed E-state index contributed by atoms with van der Waals surface area (Å²) in [5.74, 6) is -8.47. The SMILES string of the molecule is CO[C@H]1C[C@@H]2CC[C@@H](C)[C@@](O)(O2)C(=O)C(=O)N2CCCC[C@H]2C(=O)O[C@H]([C@H](N)C[C@@H]2CC[C@@H](OC(=O)NCCOCCOCCOCCOCCOCCOCCOCCOCCC(=O)NCCCCn3nc(-c4ccc5oc(N)nc5c4)c4c(N)ncnc43)[C@H](OC)C2)CC(=O)[C@H](C)/C=C(\C)[C@@H](O)[C@@H](OC)C(=O)[C@H](C)C[C@H](C)/C=C/C=C/C=C/1C. The third-order valence-corrected chi connectivity index (χ3v) is 22.4. The molecule has 674 valence electrons. The van der Waals surface area contributed by atoms with Gasteiger partial charge in [0.2, 0.25) is 11.7 Å². The fourth-order valence-corrected chi connectivity index (χ4v) is 15.4. The van der Waals surface area contributed by atoms with Crippen LogP contribution in [0.15, 0.2) is 76.5 Å². The molecule has 3 amide bonds. The van der Waals surface area contributed by atoms with Crippen LogP contribution in [0.4, 0.5) is 16.6 Å². The summed E-state index contributed by atoms with van der Waals surface area (Å²) in [5, 5.41) is 34.8. The van der Waals surface area contributed by atoms with Gasteiger partial charge in [0.1, 0.15) is 59.6 Å². The predicted molar refractivity (Wildman–Crippen MR) is 447 cm³/mol. The molecule has 1 saturated carbocycles. The molecule has 35 heteroatoms. The number of ether oxygens (including phenoxy) is 14. The Balaban J connectivity index is 0.653. The van der Waals surface area contributed by atoms with Gasteiger partial charge in [0.05, 0.1) is 129 Å². The number of unbranched alkanes of at least 4 members (excludes halogenated alkanes) is 1. The minimum Gasteiger partial charge on any atom is -0.459 e. The molecular weight excluding hydrogens is 1570 g/mol. The second-order valence-corrected chi connectivity index (χ2v) is 31.6. The number of nitrogens with two attached hydrogens (primary N) is 3. The van der Waals surface area contributed by atoms with Gasteiger partial charge < -0.3 is 114 Å². The van der Waals surface area contributed by atoms with Crippen molar-refractivity contribution in [3.8, 4) is 11.3 Å². The lowest BCUT2D eigenvalue weighted by molar-refractivity contribution is -0.265. The molecule has 3 fully saturated rings. The number of amides is 3. The molecule has 121 heavy (non-hydrogen) atoms. The summed E-state index contributed by atoms with van der Waals surface area (Å²) in [4.78, 5) is 111. The van der Waals surface area contributed by atoms with Crippen molar-refractivity contribution < 1.29 is 115 Å². The smallest absolute Gasteiger partial charge is 0.407 e. The highest BCUT2D eigenvalue weighted by atomic mass is 16.6. The summed E-state index contributed by atoms with van der Waals surface area (Å²) in [6, 6.07) is 3.34. The van der Waals surface area contributed by atoms with E-state index >= 15 is 0 Å². The molecule has 8 rings (SSSR count). The van der Waals surface area contributed by atoms with Crippen molar-refractivity contribution in [3.05, 3.63) is 72.1 Å². The van der Waals surface area contributed by atoms with Crippen molar-refractivity contribution in [2.75, 3.05) is 158 Å². The van der Waals surface area contributed by atoms with E-state index in [-0.39, 0.29) is 94.6 Å². The fraction of sp³-hybridized carbons (Fsp3) is 0.686. The number of aliphatic hydroxyl groups excluding tert-OH is 1. The lowest BCUT2D eigenvalue weighted by Crippen LogP contribution is -2.61. The second-order valence-electron chi connectivity index (χ2n) is 31.6. The Hall–Kier alpha value is -8.11. The van der Waals surface area contributed by atoms with E-state index in [4.69, 9.17) is 93.0 Å². The van der Waals surface area contributed by atoms with E-state index in [9.17, 15) is 43.8 Å². The molecule has 35 nitrogen and oxygen atoms in total. The zero-order chi connectivity index (χ0) is 87.2. The number of anilines is 2. The summed E-state index contributed by atoms with van der Waals surface area (Å²) in [6.45, 7) is 17.5. The second kappa shape index (κ2) is 51.9. The molecular formula is C86H131N11O24. The van der Waals surface area contributed by atoms with Crippen molar-refractivity contribution in [3.63, 3.8) is 0 Å². The predicted octanol–water partition coefficient (Wildman–Crippen LogP) is 6.84. The first-order chi connectivity index (χ1) is 58.3. The van der Waals surface area contributed by atoms with Crippen molar-refractivity contribution in [2.45, 2.75) is 205 Å². The van der Waals surface area contributed by atoms with Crippen LogP contribution in [0.25, 0.3) is 33.4 Å². The number of Topliss-reactive ketones (excluding diaryl/α,β-unsaturated/α-hetero) is 3. The molecule has 0 spiro atoms. The van der Waals surface area contributed by atoms with Gasteiger partial charge in [-0.2, -0.15) is 10.1 Å². The first kappa shape index (κ1) is 98.3. The number of nitrogens with zero attached hydrogens (tertiary/aromatic N) is 6. The quantitative estimate of drug-likeness (QED) is 0.0104. The number of aliphatic hydroxyl groups is 2. The highest BCUT2D eigenvalue weighted by molar-refractivity contribution is 6.39. The molecule has 2 saturated heterocycles. The highest BCUT2D eigenvalue weighted by Crippen LogP contribution is 2.39. The molecule has 1 aromatic carbocycles. The van der Waals surface area contributed by atoms with Gasteiger partial charge in [0.25, 0.3) is 17.7 Å². The van der Waals surface area contributed by atoms with Crippen LogP contribution < -0.4 is 27.8 Å². The van der Waals surface area contributed by atoms with Gasteiger partial charge in [-0.25, -0.2) is 24.2 Å². The Labute approximate surface area is 708 Å². The minimum absolute atomic E-state index is 0.00824. The Morgan fingerprint density at radius 1 is 0.711 bits per heavy atom. The molecule has 0 radical (unpaired) electrons.